The van der Waals surface area contributed by atoms with Crippen molar-refractivity contribution in [2.24, 2.45) is 0 Å². The summed E-state index contributed by atoms with van der Waals surface area (Å²) in [6, 6.07) is 63.4. The van der Waals surface area contributed by atoms with Crippen molar-refractivity contribution in [3.05, 3.63) is 176 Å². The Hall–Kier alpha value is -6.38. The summed E-state index contributed by atoms with van der Waals surface area (Å²) in [7, 11) is 0. The molecule has 2 heteroatoms. The molecule has 0 aliphatic heterocycles. The lowest BCUT2D eigenvalue weighted by Gasteiger charge is -2.26. The minimum Gasteiger partial charge on any atom is -0.455 e. The molecule has 0 aliphatic carbocycles. The molecule has 0 saturated heterocycles. The van der Waals surface area contributed by atoms with Gasteiger partial charge in [0, 0.05) is 39.3 Å². The highest BCUT2D eigenvalue weighted by Gasteiger charge is 2.17. The van der Waals surface area contributed by atoms with Crippen LogP contribution in [0.3, 0.4) is 0 Å². The molecule has 0 fully saturated rings. The molecule has 2 nitrogen and oxygen atoms in total. The van der Waals surface area contributed by atoms with Gasteiger partial charge in [-0.05, 0) is 97.4 Å². The van der Waals surface area contributed by atoms with E-state index in [4.69, 9.17) is 4.42 Å². The maximum absolute atomic E-state index is 6.64. The Morgan fingerprint density at radius 1 is 0.312 bits per heavy atom. The number of benzene rings is 9. The Kier molecular flexibility index (Phi) is 5.91. The number of furan rings is 1. The normalized spacial score (nSPS) is 11.8. The Bertz CT molecular complexity index is 2840. The second kappa shape index (κ2) is 10.6. The number of rotatable bonds is 4. The predicted octanol–water partition coefficient (Wildman–Crippen LogP) is 13.3. The molecule has 10 rings (SSSR count). The lowest BCUT2D eigenvalue weighted by molar-refractivity contribution is 0.672. The number of fused-ring (bicyclic) bond motifs is 9. The molecule has 0 bridgehead atoms. The second-order valence-corrected chi connectivity index (χ2v) is 12.6. The van der Waals surface area contributed by atoms with Crippen molar-refractivity contribution in [1.82, 2.24) is 0 Å². The fourth-order valence-electron chi connectivity index (χ4n) is 7.38. The second-order valence-electron chi connectivity index (χ2n) is 12.6. The monoisotopic (exact) mass is 611 g/mol. The molecule has 0 N–H and O–H groups in total. The van der Waals surface area contributed by atoms with Crippen LogP contribution >= 0.6 is 0 Å². The molecular formula is C46H29NO. The maximum atomic E-state index is 6.64. The van der Waals surface area contributed by atoms with Crippen LogP contribution < -0.4 is 4.90 Å². The van der Waals surface area contributed by atoms with Crippen LogP contribution in [0.5, 0.6) is 0 Å². The zero-order chi connectivity index (χ0) is 31.6. The average molecular weight is 612 g/mol. The molecule has 1 aromatic heterocycles. The molecule has 0 unspecified atom stereocenters. The number of hydrogen-bond donors (Lipinski definition) is 0. The van der Waals surface area contributed by atoms with E-state index in [-0.39, 0.29) is 0 Å². The molecule has 9 aromatic carbocycles. The molecule has 0 spiro atoms. The van der Waals surface area contributed by atoms with Crippen molar-refractivity contribution in [1.29, 1.82) is 0 Å². The molecule has 0 aliphatic rings. The van der Waals surface area contributed by atoms with Gasteiger partial charge in [-0.15, -0.1) is 0 Å². The summed E-state index contributed by atoms with van der Waals surface area (Å²) in [6.45, 7) is 0. The van der Waals surface area contributed by atoms with E-state index < -0.39 is 0 Å². The molecule has 1 heterocycles. The van der Waals surface area contributed by atoms with E-state index in [1.54, 1.807) is 0 Å². The maximum Gasteiger partial charge on any atom is 0.143 e. The summed E-state index contributed by atoms with van der Waals surface area (Å²) in [4.78, 5) is 2.34. The fraction of sp³-hybridized carbons (Fsp3) is 0. The van der Waals surface area contributed by atoms with E-state index in [0.717, 1.165) is 44.4 Å². The summed E-state index contributed by atoms with van der Waals surface area (Å²) >= 11 is 0. The van der Waals surface area contributed by atoms with Gasteiger partial charge in [0.25, 0.3) is 0 Å². The van der Waals surface area contributed by atoms with Gasteiger partial charge in [-0.1, -0.05) is 121 Å². The van der Waals surface area contributed by atoms with Crippen LogP contribution in [0.2, 0.25) is 0 Å². The van der Waals surface area contributed by atoms with Gasteiger partial charge in [-0.3, -0.25) is 0 Å². The Balaban J connectivity index is 1.15. The molecular weight excluding hydrogens is 583 g/mol. The highest BCUT2D eigenvalue weighted by atomic mass is 16.3. The SMILES string of the molecule is c1ccc2cc(-c3ccc(N(c4ccc5c(c4)oc4c6ccccc6ccc54)c4ccc5ccc6ccccc6c5c4)cc3)ccc2c1. The van der Waals surface area contributed by atoms with Gasteiger partial charge in [0.05, 0.1) is 0 Å². The predicted molar refractivity (Wildman–Crippen MR) is 204 cm³/mol. The third-order valence-corrected chi connectivity index (χ3v) is 9.80. The molecule has 10 aromatic rings. The first-order valence-corrected chi connectivity index (χ1v) is 16.4. The third kappa shape index (κ3) is 4.27. The van der Waals surface area contributed by atoms with Crippen molar-refractivity contribution in [2.75, 3.05) is 4.90 Å². The highest BCUT2D eigenvalue weighted by Crippen LogP contribution is 2.42. The average Bonchev–Trinajstić information content (AvgIpc) is 3.53. The zero-order valence-corrected chi connectivity index (χ0v) is 26.1. The summed E-state index contributed by atoms with van der Waals surface area (Å²) in [5.41, 5.74) is 7.43. The number of hydrogen-bond acceptors (Lipinski definition) is 2. The van der Waals surface area contributed by atoms with Gasteiger partial charge >= 0.3 is 0 Å². The minimum absolute atomic E-state index is 0.878. The van der Waals surface area contributed by atoms with Crippen LogP contribution in [-0.4, -0.2) is 0 Å². The van der Waals surface area contributed by atoms with Crippen molar-refractivity contribution in [2.45, 2.75) is 0 Å². The van der Waals surface area contributed by atoms with Crippen molar-refractivity contribution in [3.8, 4) is 11.1 Å². The Labute approximate surface area is 277 Å². The van der Waals surface area contributed by atoms with Crippen molar-refractivity contribution in [3.63, 3.8) is 0 Å². The quantitative estimate of drug-likeness (QED) is 0.184. The van der Waals surface area contributed by atoms with Gasteiger partial charge in [-0.2, -0.15) is 0 Å². The fourth-order valence-corrected chi connectivity index (χ4v) is 7.38. The van der Waals surface area contributed by atoms with E-state index in [2.05, 4.69) is 181 Å². The smallest absolute Gasteiger partial charge is 0.143 e. The van der Waals surface area contributed by atoms with E-state index in [1.165, 1.54) is 48.8 Å². The molecule has 0 amide bonds. The van der Waals surface area contributed by atoms with E-state index >= 15 is 0 Å². The largest absolute Gasteiger partial charge is 0.455 e. The molecule has 224 valence electrons. The van der Waals surface area contributed by atoms with E-state index in [1.807, 2.05) is 0 Å². The lowest BCUT2D eigenvalue weighted by atomic mass is 10.00. The molecule has 0 radical (unpaired) electrons. The third-order valence-electron chi connectivity index (χ3n) is 9.80. The lowest BCUT2D eigenvalue weighted by Crippen LogP contribution is -2.09. The van der Waals surface area contributed by atoms with E-state index in [0.29, 0.717) is 0 Å². The standard InChI is InChI=1S/C46H29NO/c1-2-10-35-27-36(16-13-30(35)7-1)31-17-21-37(22-18-31)47(38-23-19-34-15-14-32-8-3-5-11-40(32)44(34)28-38)39-24-26-42-43-25-20-33-9-4-6-12-41(33)46(43)48-45(42)29-39/h1-29H. The van der Waals surface area contributed by atoms with Crippen LogP contribution in [0.4, 0.5) is 17.1 Å². The zero-order valence-electron chi connectivity index (χ0n) is 26.1. The van der Waals surface area contributed by atoms with Crippen LogP contribution in [0.25, 0.3) is 76.2 Å². The van der Waals surface area contributed by atoms with Crippen LogP contribution in [0.1, 0.15) is 0 Å². The minimum atomic E-state index is 0.878. The molecule has 48 heavy (non-hydrogen) atoms. The Morgan fingerprint density at radius 2 is 0.854 bits per heavy atom. The van der Waals surface area contributed by atoms with Crippen LogP contribution in [-0.2, 0) is 0 Å². The van der Waals surface area contributed by atoms with Crippen molar-refractivity contribution < 1.29 is 4.42 Å². The number of nitrogens with zero attached hydrogens (tertiary/aromatic N) is 1. The van der Waals surface area contributed by atoms with Gasteiger partial charge in [0.2, 0.25) is 0 Å². The molecule has 0 atom stereocenters. The van der Waals surface area contributed by atoms with Crippen LogP contribution in [0, 0.1) is 0 Å². The first-order chi connectivity index (χ1) is 23.8. The molecule has 0 saturated carbocycles. The summed E-state index contributed by atoms with van der Waals surface area (Å²) < 4.78 is 6.64. The topological polar surface area (TPSA) is 16.4 Å². The first kappa shape index (κ1) is 26.8. The summed E-state index contributed by atoms with van der Waals surface area (Å²) in [6.07, 6.45) is 0. The van der Waals surface area contributed by atoms with Gasteiger partial charge < -0.3 is 9.32 Å². The van der Waals surface area contributed by atoms with Crippen molar-refractivity contribution >= 4 is 82.1 Å². The summed E-state index contributed by atoms with van der Waals surface area (Å²) in [5, 5.41) is 12.0. The Morgan fingerprint density at radius 3 is 1.69 bits per heavy atom. The van der Waals surface area contributed by atoms with Gasteiger partial charge in [0.1, 0.15) is 11.2 Å². The highest BCUT2D eigenvalue weighted by molar-refractivity contribution is 6.15. The van der Waals surface area contributed by atoms with E-state index in [9.17, 15) is 0 Å². The van der Waals surface area contributed by atoms with Gasteiger partial charge in [-0.25, -0.2) is 0 Å². The first-order valence-electron chi connectivity index (χ1n) is 16.4. The van der Waals surface area contributed by atoms with Crippen LogP contribution in [0.15, 0.2) is 180 Å². The number of anilines is 3. The summed E-state index contributed by atoms with van der Waals surface area (Å²) in [5.74, 6) is 0. The van der Waals surface area contributed by atoms with Gasteiger partial charge in [0.15, 0.2) is 0 Å².